The first-order valence-corrected chi connectivity index (χ1v) is 7.22. The largest absolute Gasteiger partial charge is 0.275 e. The van der Waals surface area contributed by atoms with Gasteiger partial charge in [-0.2, -0.15) is 5.10 Å². The van der Waals surface area contributed by atoms with Gasteiger partial charge in [0.1, 0.15) is 16.5 Å². The molecule has 0 aliphatic heterocycles. The van der Waals surface area contributed by atoms with Crippen LogP contribution in [0, 0.1) is 18.6 Å². The molecule has 0 atom stereocenters. The lowest BCUT2D eigenvalue weighted by atomic mass is 10.3. The molecule has 0 bridgehead atoms. The van der Waals surface area contributed by atoms with Gasteiger partial charge in [0.15, 0.2) is 0 Å². The van der Waals surface area contributed by atoms with Gasteiger partial charge in [-0.15, -0.1) is 0 Å². The summed E-state index contributed by atoms with van der Waals surface area (Å²) in [6.07, 6.45) is 1.65. The fourth-order valence-corrected chi connectivity index (χ4v) is 2.85. The van der Waals surface area contributed by atoms with Gasteiger partial charge in [-0.25, -0.2) is 21.9 Å². The molecule has 0 saturated heterocycles. The van der Waals surface area contributed by atoms with E-state index in [2.05, 4.69) is 9.82 Å². The van der Waals surface area contributed by atoms with Crippen molar-refractivity contribution in [3.63, 3.8) is 0 Å². The van der Waals surface area contributed by atoms with E-state index in [1.165, 1.54) is 0 Å². The summed E-state index contributed by atoms with van der Waals surface area (Å²) in [7, 11) is -2.42. The molecule has 0 radical (unpaired) electrons. The van der Waals surface area contributed by atoms with Crippen LogP contribution in [0.15, 0.2) is 29.3 Å². The van der Waals surface area contributed by atoms with Crippen LogP contribution in [-0.2, 0) is 23.6 Å². The van der Waals surface area contributed by atoms with Crippen LogP contribution in [0.4, 0.5) is 8.78 Å². The minimum Gasteiger partial charge on any atom is -0.275 e. The summed E-state index contributed by atoms with van der Waals surface area (Å²) in [6.45, 7) is 1.68. The summed E-state index contributed by atoms with van der Waals surface area (Å²) in [5.74, 6) is -1.81. The van der Waals surface area contributed by atoms with E-state index in [-0.39, 0.29) is 6.54 Å². The minimum atomic E-state index is -4.12. The highest BCUT2D eigenvalue weighted by Gasteiger charge is 2.20. The smallest absolute Gasteiger partial charge is 0.243 e. The maximum absolute atomic E-state index is 13.5. The Hall–Kier alpha value is -1.80. The first-order valence-electron chi connectivity index (χ1n) is 5.73. The second-order valence-electron chi connectivity index (χ2n) is 4.31. The summed E-state index contributed by atoms with van der Waals surface area (Å²) in [5, 5.41) is 4.06. The zero-order chi connectivity index (χ0) is 14.9. The fraction of sp³-hybridized carbons (Fsp3) is 0.250. The molecule has 0 aliphatic carbocycles. The molecule has 1 heterocycles. The van der Waals surface area contributed by atoms with Crippen molar-refractivity contribution in [1.82, 2.24) is 14.5 Å². The van der Waals surface area contributed by atoms with Crippen LogP contribution in [0.25, 0.3) is 0 Å². The van der Waals surface area contributed by atoms with Crippen molar-refractivity contribution >= 4 is 10.0 Å². The first kappa shape index (κ1) is 14.6. The van der Waals surface area contributed by atoms with Crippen molar-refractivity contribution in [2.24, 2.45) is 7.05 Å². The quantitative estimate of drug-likeness (QED) is 0.930. The maximum atomic E-state index is 13.5. The zero-order valence-corrected chi connectivity index (χ0v) is 11.7. The molecule has 20 heavy (non-hydrogen) atoms. The lowest BCUT2D eigenvalue weighted by molar-refractivity contribution is 0.545. The summed E-state index contributed by atoms with van der Waals surface area (Å²) in [5.41, 5.74) is 1.32. The molecule has 2 aromatic rings. The Morgan fingerprint density at radius 3 is 2.65 bits per heavy atom. The standard InChI is InChI=1S/C12H13F2N3O2S/c1-8-9(7-17(2)16-8)6-15-20(18,19)12-5-10(13)3-4-11(12)14/h3-5,7,15H,6H2,1-2H3. The van der Waals surface area contributed by atoms with E-state index in [4.69, 9.17) is 0 Å². The minimum absolute atomic E-state index is 0.0437. The Kier molecular flexibility index (Phi) is 3.87. The second-order valence-corrected chi connectivity index (χ2v) is 6.05. The average molecular weight is 301 g/mol. The van der Waals surface area contributed by atoms with Gasteiger partial charge in [-0.1, -0.05) is 0 Å². The highest BCUT2D eigenvalue weighted by molar-refractivity contribution is 7.89. The van der Waals surface area contributed by atoms with E-state index >= 15 is 0 Å². The van der Waals surface area contributed by atoms with Crippen molar-refractivity contribution in [3.05, 3.63) is 47.3 Å². The number of hydrogen-bond donors (Lipinski definition) is 1. The normalized spacial score (nSPS) is 11.8. The van der Waals surface area contributed by atoms with Gasteiger partial charge in [-0.3, -0.25) is 4.68 Å². The second kappa shape index (κ2) is 5.29. The third kappa shape index (κ3) is 3.02. The molecule has 0 spiro atoms. The topological polar surface area (TPSA) is 64.0 Å². The van der Waals surface area contributed by atoms with E-state index in [0.29, 0.717) is 17.3 Å². The molecule has 1 aromatic heterocycles. The average Bonchev–Trinajstić information content (AvgIpc) is 2.68. The van der Waals surface area contributed by atoms with E-state index in [1.807, 2.05) is 0 Å². The number of halogens is 2. The Balaban J connectivity index is 2.23. The van der Waals surface area contributed by atoms with Crippen LogP contribution in [0.2, 0.25) is 0 Å². The van der Waals surface area contributed by atoms with E-state index in [9.17, 15) is 17.2 Å². The lowest BCUT2D eigenvalue weighted by Gasteiger charge is -2.07. The molecule has 5 nitrogen and oxygen atoms in total. The number of sulfonamides is 1. The summed E-state index contributed by atoms with van der Waals surface area (Å²) in [6, 6.07) is 2.28. The van der Waals surface area contributed by atoms with Gasteiger partial charge in [0, 0.05) is 25.4 Å². The van der Waals surface area contributed by atoms with Crippen molar-refractivity contribution in [2.45, 2.75) is 18.4 Å². The van der Waals surface area contributed by atoms with Crippen molar-refractivity contribution in [1.29, 1.82) is 0 Å². The Morgan fingerprint density at radius 1 is 1.35 bits per heavy atom. The van der Waals surface area contributed by atoms with Crippen LogP contribution in [0.3, 0.4) is 0 Å². The van der Waals surface area contributed by atoms with Gasteiger partial charge < -0.3 is 0 Å². The zero-order valence-electron chi connectivity index (χ0n) is 10.9. The third-order valence-corrected chi connectivity index (χ3v) is 4.17. The highest BCUT2D eigenvalue weighted by Crippen LogP contribution is 2.16. The van der Waals surface area contributed by atoms with Gasteiger partial charge >= 0.3 is 0 Å². The number of aromatic nitrogens is 2. The highest BCUT2D eigenvalue weighted by atomic mass is 32.2. The van der Waals surface area contributed by atoms with Crippen molar-refractivity contribution < 1.29 is 17.2 Å². The van der Waals surface area contributed by atoms with Gasteiger partial charge in [0.25, 0.3) is 0 Å². The molecular formula is C12H13F2N3O2S. The SMILES string of the molecule is Cc1nn(C)cc1CNS(=O)(=O)c1cc(F)ccc1F. The molecule has 0 fully saturated rings. The van der Waals surface area contributed by atoms with Gasteiger partial charge in [0.2, 0.25) is 10.0 Å². The predicted molar refractivity (Wildman–Crippen MR) is 68.3 cm³/mol. The summed E-state index contributed by atoms with van der Waals surface area (Å²) >= 11 is 0. The molecule has 0 aliphatic rings. The molecule has 108 valence electrons. The van der Waals surface area contributed by atoms with Gasteiger partial charge in [0.05, 0.1) is 5.69 Å². The maximum Gasteiger partial charge on any atom is 0.243 e. The lowest BCUT2D eigenvalue weighted by Crippen LogP contribution is -2.24. The molecule has 1 N–H and O–H groups in total. The molecule has 1 aromatic carbocycles. The molecule has 8 heteroatoms. The Morgan fingerprint density at radius 2 is 2.05 bits per heavy atom. The van der Waals surface area contributed by atoms with Gasteiger partial charge in [-0.05, 0) is 25.1 Å². The van der Waals surface area contributed by atoms with E-state index in [0.717, 1.165) is 12.1 Å². The first-order chi connectivity index (χ1) is 9.29. The predicted octanol–water partition coefficient (Wildman–Crippen LogP) is 1.49. The molecular weight excluding hydrogens is 288 g/mol. The number of nitrogens with zero attached hydrogens (tertiary/aromatic N) is 2. The van der Waals surface area contributed by atoms with E-state index in [1.54, 1.807) is 24.9 Å². The molecule has 0 saturated carbocycles. The van der Waals surface area contributed by atoms with E-state index < -0.39 is 26.6 Å². The van der Waals surface area contributed by atoms with Crippen LogP contribution in [0.1, 0.15) is 11.3 Å². The number of hydrogen-bond acceptors (Lipinski definition) is 3. The van der Waals surface area contributed by atoms with Crippen LogP contribution in [-0.4, -0.2) is 18.2 Å². The van der Waals surface area contributed by atoms with Crippen LogP contribution in [0.5, 0.6) is 0 Å². The van der Waals surface area contributed by atoms with Crippen molar-refractivity contribution in [3.8, 4) is 0 Å². The number of nitrogens with one attached hydrogen (secondary N) is 1. The molecule has 0 amide bonds. The summed E-state index contributed by atoms with van der Waals surface area (Å²) in [4.78, 5) is -0.709. The third-order valence-electron chi connectivity index (χ3n) is 2.75. The molecule has 2 rings (SSSR count). The Labute approximate surface area is 115 Å². The van der Waals surface area contributed by atoms with Crippen LogP contribution < -0.4 is 4.72 Å². The molecule has 0 unspecified atom stereocenters. The Bertz CT molecular complexity index is 741. The summed E-state index contributed by atoms with van der Waals surface area (Å²) < 4.78 is 54.2. The van der Waals surface area contributed by atoms with Crippen LogP contribution >= 0.6 is 0 Å². The monoisotopic (exact) mass is 301 g/mol. The number of aryl methyl sites for hydroxylation is 2. The number of rotatable bonds is 4. The van der Waals surface area contributed by atoms with Crippen molar-refractivity contribution in [2.75, 3.05) is 0 Å². The number of benzene rings is 1. The fourth-order valence-electron chi connectivity index (χ4n) is 1.76.